The van der Waals surface area contributed by atoms with Gasteiger partial charge in [-0.25, -0.2) is 4.98 Å². The van der Waals surface area contributed by atoms with E-state index in [1.807, 2.05) is 30.3 Å². The van der Waals surface area contributed by atoms with Crippen molar-refractivity contribution in [2.75, 3.05) is 6.54 Å². The zero-order valence-electron chi connectivity index (χ0n) is 18.5. The van der Waals surface area contributed by atoms with Crippen molar-refractivity contribution >= 4 is 11.8 Å². The standard InChI is InChI=1S/C26H29N3O3/c1-18(2)19-10-12-21(13-11-19)25(20-7-4-3-5-8-20)28-26(31)22-9-6-15-29(22)24(30)17-23-27-14-16-32-23/h3-5,7-8,10-14,16,18,22,25H,6,9,15,17H2,1-2H3,(H,28,31)/t22-,25-/m0/s1. The maximum absolute atomic E-state index is 13.4. The van der Waals surface area contributed by atoms with Gasteiger partial charge in [0.05, 0.1) is 12.2 Å². The Morgan fingerprint density at radius 3 is 2.41 bits per heavy atom. The lowest BCUT2D eigenvalue weighted by Gasteiger charge is -2.27. The molecule has 0 radical (unpaired) electrons. The monoisotopic (exact) mass is 431 g/mol. The summed E-state index contributed by atoms with van der Waals surface area (Å²) in [5.41, 5.74) is 3.28. The van der Waals surface area contributed by atoms with Gasteiger partial charge in [0.1, 0.15) is 18.7 Å². The molecule has 1 aliphatic heterocycles. The predicted molar refractivity (Wildman–Crippen MR) is 122 cm³/mol. The van der Waals surface area contributed by atoms with E-state index in [2.05, 4.69) is 48.4 Å². The molecule has 6 heteroatoms. The SMILES string of the molecule is CC(C)c1ccc([C@@H](NC(=O)[C@@H]2CCCN2C(=O)Cc2ncco2)c2ccccc2)cc1. The van der Waals surface area contributed by atoms with Crippen molar-refractivity contribution in [3.8, 4) is 0 Å². The van der Waals surface area contributed by atoms with E-state index >= 15 is 0 Å². The summed E-state index contributed by atoms with van der Waals surface area (Å²) >= 11 is 0. The molecule has 32 heavy (non-hydrogen) atoms. The van der Waals surface area contributed by atoms with E-state index in [1.54, 1.807) is 4.90 Å². The lowest BCUT2D eigenvalue weighted by atomic mass is 9.95. The van der Waals surface area contributed by atoms with E-state index in [9.17, 15) is 9.59 Å². The van der Waals surface area contributed by atoms with E-state index < -0.39 is 6.04 Å². The van der Waals surface area contributed by atoms with E-state index in [1.165, 1.54) is 18.0 Å². The van der Waals surface area contributed by atoms with Crippen molar-refractivity contribution in [1.82, 2.24) is 15.2 Å². The second-order valence-electron chi connectivity index (χ2n) is 8.52. The highest BCUT2D eigenvalue weighted by atomic mass is 16.3. The molecule has 0 saturated carbocycles. The fourth-order valence-electron chi connectivity index (χ4n) is 4.23. The molecule has 2 heterocycles. The molecule has 0 spiro atoms. The Balaban J connectivity index is 1.53. The fraction of sp³-hybridized carbons (Fsp3) is 0.346. The lowest BCUT2D eigenvalue weighted by Crippen LogP contribution is -2.47. The molecule has 6 nitrogen and oxygen atoms in total. The minimum absolute atomic E-state index is 0.0650. The summed E-state index contributed by atoms with van der Waals surface area (Å²) in [6.07, 6.45) is 4.48. The number of carbonyl (C=O) groups excluding carboxylic acids is 2. The molecule has 4 rings (SSSR count). The summed E-state index contributed by atoms with van der Waals surface area (Å²) in [6.45, 7) is 4.89. The third kappa shape index (κ3) is 4.90. The molecule has 0 bridgehead atoms. The largest absolute Gasteiger partial charge is 0.448 e. The van der Waals surface area contributed by atoms with Gasteiger partial charge in [-0.15, -0.1) is 0 Å². The van der Waals surface area contributed by atoms with Crippen LogP contribution in [0.1, 0.15) is 61.2 Å². The molecule has 1 aliphatic rings. The van der Waals surface area contributed by atoms with Crippen molar-refractivity contribution in [1.29, 1.82) is 0 Å². The van der Waals surface area contributed by atoms with Gasteiger partial charge in [0, 0.05) is 6.54 Å². The topological polar surface area (TPSA) is 75.4 Å². The van der Waals surface area contributed by atoms with Crippen LogP contribution in [0.4, 0.5) is 0 Å². The van der Waals surface area contributed by atoms with Gasteiger partial charge in [0.15, 0.2) is 0 Å². The number of benzene rings is 2. The van der Waals surface area contributed by atoms with Crippen LogP contribution in [-0.2, 0) is 16.0 Å². The summed E-state index contributed by atoms with van der Waals surface area (Å²) in [6, 6.07) is 17.5. The molecular weight excluding hydrogens is 402 g/mol. The number of nitrogens with one attached hydrogen (secondary N) is 1. The molecule has 0 aliphatic carbocycles. The fourth-order valence-corrected chi connectivity index (χ4v) is 4.23. The Bertz CT molecular complexity index is 1030. The molecule has 0 unspecified atom stereocenters. The predicted octanol–water partition coefficient (Wildman–Crippen LogP) is 4.24. The number of oxazole rings is 1. The van der Waals surface area contributed by atoms with Gasteiger partial charge in [0.2, 0.25) is 17.7 Å². The van der Waals surface area contributed by atoms with Crippen molar-refractivity contribution in [2.24, 2.45) is 0 Å². The van der Waals surface area contributed by atoms with Crippen molar-refractivity contribution < 1.29 is 14.0 Å². The number of aromatic nitrogens is 1. The van der Waals surface area contributed by atoms with Crippen LogP contribution in [0.15, 0.2) is 71.5 Å². The molecule has 2 atom stereocenters. The van der Waals surface area contributed by atoms with Crippen LogP contribution in [-0.4, -0.2) is 34.3 Å². The van der Waals surface area contributed by atoms with Crippen molar-refractivity contribution in [3.63, 3.8) is 0 Å². The van der Waals surface area contributed by atoms with Crippen LogP contribution in [0.25, 0.3) is 0 Å². The van der Waals surface area contributed by atoms with Crippen LogP contribution in [0.2, 0.25) is 0 Å². The Kier molecular flexibility index (Phi) is 6.69. The Labute approximate surface area is 188 Å². The molecular formula is C26H29N3O3. The molecule has 2 aromatic carbocycles. The second kappa shape index (κ2) is 9.81. The first-order valence-electron chi connectivity index (χ1n) is 11.2. The van der Waals surface area contributed by atoms with Gasteiger partial charge in [-0.2, -0.15) is 0 Å². The minimum atomic E-state index is -0.487. The first-order valence-corrected chi connectivity index (χ1v) is 11.2. The molecule has 1 fully saturated rings. The van der Waals surface area contributed by atoms with Crippen LogP contribution in [0.3, 0.4) is 0 Å². The normalized spacial score (nSPS) is 16.8. The summed E-state index contributed by atoms with van der Waals surface area (Å²) in [5.74, 6) is 0.539. The van der Waals surface area contributed by atoms with Crippen LogP contribution in [0, 0.1) is 0 Å². The number of rotatable bonds is 7. The average Bonchev–Trinajstić information content (AvgIpc) is 3.50. The average molecular weight is 432 g/mol. The zero-order chi connectivity index (χ0) is 22.5. The highest BCUT2D eigenvalue weighted by molar-refractivity contribution is 5.89. The van der Waals surface area contributed by atoms with E-state index in [0.29, 0.717) is 24.8 Å². The van der Waals surface area contributed by atoms with E-state index in [4.69, 9.17) is 4.42 Å². The van der Waals surface area contributed by atoms with Crippen LogP contribution >= 0.6 is 0 Å². The number of hydrogen-bond donors (Lipinski definition) is 1. The summed E-state index contributed by atoms with van der Waals surface area (Å²) in [4.78, 5) is 31.8. The van der Waals surface area contributed by atoms with Gasteiger partial charge < -0.3 is 14.6 Å². The molecule has 166 valence electrons. The minimum Gasteiger partial charge on any atom is -0.448 e. The third-order valence-corrected chi connectivity index (χ3v) is 6.02. The van der Waals surface area contributed by atoms with Gasteiger partial charge in [-0.05, 0) is 35.4 Å². The van der Waals surface area contributed by atoms with Crippen LogP contribution < -0.4 is 5.32 Å². The molecule has 2 amide bonds. The number of carbonyl (C=O) groups is 2. The summed E-state index contributed by atoms with van der Waals surface area (Å²) in [5, 5.41) is 3.21. The highest BCUT2D eigenvalue weighted by Crippen LogP contribution is 2.26. The van der Waals surface area contributed by atoms with E-state index in [-0.39, 0.29) is 24.3 Å². The van der Waals surface area contributed by atoms with Crippen LogP contribution in [0.5, 0.6) is 0 Å². The Morgan fingerprint density at radius 1 is 1.06 bits per heavy atom. The number of likely N-dealkylation sites (tertiary alicyclic amines) is 1. The molecule has 1 aromatic heterocycles. The molecule has 3 aromatic rings. The third-order valence-electron chi connectivity index (χ3n) is 6.02. The smallest absolute Gasteiger partial charge is 0.243 e. The number of nitrogens with zero attached hydrogens (tertiary/aromatic N) is 2. The first kappa shape index (κ1) is 21.8. The summed E-state index contributed by atoms with van der Waals surface area (Å²) in [7, 11) is 0. The zero-order valence-corrected chi connectivity index (χ0v) is 18.5. The number of hydrogen-bond acceptors (Lipinski definition) is 4. The first-order chi connectivity index (χ1) is 15.5. The summed E-state index contributed by atoms with van der Waals surface area (Å²) < 4.78 is 5.21. The van der Waals surface area contributed by atoms with Crippen molar-refractivity contribution in [3.05, 3.63) is 89.6 Å². The van der Waals surface area contributed by atoms with Crippen molar-refractivity contribution in [2.45, 2.75) is 51.1 Å². The molecule has 1 N–H and O–H groups in total. The van der Waals surface area contributed by atoms with Gasteiger partial charge in [-0.1, -0.05) is 68.4 Å². The number of amides is 2. The molecule has 1 saturated heterocycles. The lowest BCUT2D eigenvalue weighted by molar-refractivity contribution is -0.138. The van der Waals surface area contributed by atoms with Gasteiger partial charge in [-0.3, -0.25) is 9.59 Å². The van der Waals surface area contributed by atoms with Gasteiger partial charge in [0.25, 0.3) is 0 Å². The highest BCUT2D eigenvalue weighted by Gasteiger charge is 2.35. The maximum atomic E-state index is 13.4. The van der Waals surface area contributed by atoms with E-state index in [0.717, 1.165) is 17.5 Å². The maximum Gasteiger partial charge on any atom is 0.243 e. The second-order valence-corrected chi connectivity index (χ2v) is 8.52. The van der Waals surface area contributed by atoms with Gasteiger partial charge >= 0.3 is 0 Å². The Hall–Kier alpha value is -3.41. The Morgan fingerprint density at radius 2 is 1.75 bits per heavy atom. The quantitative estimate of drug-likeness (QED) is 0.607.